The first kappa shape index (κ1) is 13.5. The summed E-state index contributed by atoms with van der Waals surface area (Å²) in [4.78, 5) is 22.8. The molecule has 0 heterocycles. The van der Waals surface area contributed by atoms with Crippen LogP contribution in [0.5, 0.6) is 0 Å². The van der Waals surface area contributed by atoms with Crippen molar-refractivity contribution in [2.24, 2.45) is 0 Å². The normalized spacial score (nSPS) is 9.76. The molecule has 4 nitrogen and oxygen atoms in total. The van der Waals surface area contributed by atoms with E-state index in [1.807, 2.05) is 6.92 Å². The molecule has 0 aliphatic heterocycles. The molecule has 0 atom stereocenters. The molecule has 0 aliphatic carbocycles. The van der Waals surface area contributed by atoms with Gasteiger partial charge in [0.05, 0.1) is 0 Å². The van der Waals surface area contributed by atoms with E-state index in [1.165, 1.54) is 0 Å². The fourth-order valence-corrected chi connectivity index (χ4v) is 1.43. The van der Waals surface area contributed by atoms with Gasteiger partial charge in [0.2, 0.25) is 11.8 Å². The summed E-state index contributed by atoms with van der Waals surface area (Å²) in [5.41, 5.74) is 0.589. The zero-order chi connectivity index (χ0) is 12.7. The van der Waals surface area contributed by atoms with Crippen LogP contribution < -0.4 is 10.6 Å². The number of benzene rings is 1. The van der Waals surface area contributed by atoms with Gasteiger partial charge in [-0.3, -0.25) is 9.59 Å². The quantitative estimate of drug-likeness (QED) is 0.792. The maximum Gasteiger partial charge on any atom is 0.233 e. The van der Waals surface area contributed by atoms with Crippen LogP contribution in [0, 0.1) is 0 Å². The number of anilines is 1. The third-order valence-electron chi connectivity index (χ3n) is 2.00. The molecule has 1 aromatic carbocycles. The Hall–Kier alpha value is -1.55. The number of halogens is 1. The lowest BCUT2D eigenvalue weighted by Crippen LogP contribution is -2.28. The standard InChI is InChI=1S/C12H15ClN2O2/c1-2-6-14-11(16)8-12(17)15-10-5-3-4-9(13)7-10/h3-5,7H,2,6,8H2,1H3,(H,14,16)(H,15,17). The van der Waals surface area contributed by atoms with Gasteiger partial charge >= 0.3 is 0 Å². The van der Waals surface area contributed by atoms with Crippen molar-refractivity contribution in [2.75, 3.05) is 11.9 Å². The van der Waals surface area contributed by atoms with Gasteiger partial charge in [-0.25, -0.2) is 0 Å². The van der Waals surface area contributed by atoms with Crippen LogP contribution >= 0.6 is 11.6 Å². The average molecular weight is 255 g/mol. The second-order valence-corrected chi connectivity index (χ2v) is 4.02. The summed E-state index contributed by atoms with van der Waals surface area (Å²) in [6.45, 7) is 2.54. The molecule has 0 unspecified atom stereocenters. The summed E-state index contributed by atoms with van der Waals surface area (Å²) in [7, 11) is 0. The van der Waals surface area contributed by atoms with Crippen molar-refractivity contribution in [3.8, 4) is 0 Å². The lowest BCUT2D eigenvalue weighted by molar-refractivity contribution is -0.126. The Labute approximate surface area is 105 Å². The average Bonchev–Trinajstić information content (AvgIpc) is 2.26. The van der Waals surface area contributed by atoms with E-state index in [2.05, 4.69) is 10.6 Å². The highest BCUT2D eigenvalue weighted by molar-refractivity contribution is 6.30. The van der Waals surface area contributed by atoms with Crippen LogP contribution in [0.3, 0.4) is 0 Å². The predicted octanol–water partition coefficient (Wildman–Crippen LogP) is 2.19. The highest BCUT2D eigenvalue weighted by atomic mass is 35.5. The number of hydrogen-bond donors (Lipinski definition) is 2. The molecule has 17 heavy (non-hydrogen) atoms. The van der Waals surface area contributed by atoms with E-state index in [1.54, 1.807) is 24.3 Å². The van der Waals surface area contributed by atoms with Gasteiger partial charge in [0.15, 0.2) is 0 Å². The van der Waals surface area contributed by atoms with E-state index in [9.17, 15) is 9.59 Å². The van der Waals surface area contributed by atoms with Crippen LogP contribution in [-0.4, -0.2) is 18.4 Å². The van der Waals surface area contributed by atoms with E-state index < -0.39 is 0 Å². The molecule has 0 radical (unpaired) electrons. The molecule has 1 rings (SSSR count). The fourth-order valence-electron chi connectivity index (χ4n) is 1.24. The minimum atomic E-state index is -0.346. The topological polar surface area (TPSA) is 58.2 Å². The van der Waals surface area contributed by atoms with Crippen LogP contribution in [0.1, 0.15) is 19.8 Å². The summed E-state index contributed by atoms with van der Waals surface area (Å²) in [5, 5.41) is 5.78. The van der Waals surface area contributed by atoms with Crippen LogP contribution in [0.15, 0.2) is 24.3 Å². The minimum absolute atomic E-state index is 0.174. The van der Waals surface area contributed by atoms with E-state index in [0.29, 0.717) is 17.3 Å². The Morgan fingerprint density at radius 1 is 1.29 bits per heavy atom. The highest BCUT2D eigenvalue weighted by Gasteiger charge is 2.08. The summed E-state index contributed by atoms with van der Waals surface area (Å²) >= 11 is 5.77. The smallest absolute Gasteiger partial charge is 0.233 e. The summed E-state index contributed by atoms with van der Waals surface area (Å²) in [6, 6.07) is 6.79. The van der Waals surface area contributed by atoms with E-state index >= 15 is 0 Å². The molecule has 2 amide bonds. The van der Waals surface area contributed by atoms with Crippen molar-refractivity contribution >= 4 is 29.1 Å². The number of carbonyl (C=O) groups excluding carboxylic acids is 2. The molecule has 0 spiro atoms. The first-order chi connectivity index (χ1) is 8.11. The molecular formula is C12H15ClN2O2. The van der Waals surface area contributed by atoms with E-state index in [0.717, 1.165) is 6.42 Å². The first-order valence-corrected chi connectivity index (χ1v) is 5.81. The zero-order valence-corrected chi connectivity index (χ0v) is 10.4. The Kier molecular flexibility index (Phi) is 5.49. The van der Waals surface area contributed by atoms with Crippen molar-refractivity contribution < 1.29 is 9.59 Å². The van der Waals surface area contributed by atoms with Gasteiger partial charge in [0.1, 0.15) is 6.42 Å². The molecule has 2 N–H and O–H groups in total. The van der Waals surface area contributed by atoms with Crippen molar-refractivity contribution in [1.82, 2.24) is 5.32 Å². The van der Waals surface area contributed by atoms with Gasteiger partial charge in [0.25, 0.3) is 0 Å². The third-order valence-corrected chi connectivity index (χ3v) is 2.24. The molecule has 0 aromatic heterocycles. The van der Waals surface area contributed by atoms with Gasteiger partial charge in [-0.05, 0) is 24.6 Å². The second kappa shape index (κ2) is 6.91. The number of rotatable bonds is 5. The predicted molar refractivity (Wildman–Crippen MR) is 68.0 cm³/mol. The number of carbonyl (C=O) groups is 2. The molecule has 0 fully saturated rings. The van der Waals surface area contributed by atoms with Crippen molar-refractivity contribution in [3.63, 3.8) is 0 Å². The molecular weight excluding hydrogens is 240 g/mol. The molecule has 0 saturated heterocycles. The number of amides is 2. The van der Waals surface area contributed by atoms with Gasteiger partial charge in [-0.1, -0.05) is 24.6 Å². The molecule has 5 heteroatoms. The summed E-state index contributed by atoms with van der Waals surface area (Å²) < 4.78 is 0. The van der Waals surface area contributed by atoms with Crippen molar-refractivity contribution in [3.05, 3.63) is 29.3 Å². The number of hydrogen-bond acceptors (Lipinski definition) is 2. The van der Waals surface area contributed by atoms with Gasteiger partial charge in [-0.15, -0.1) is 0 Å². The van der Waals surface area contributed by atoms with Crippen LogP contribution in [0.2, 0.25) is 5.02 Å². The summed E-state index contributed by atoms with van der Waals surface area (Å²) in [6.07, 6.45) is 0.675. The zero-order valence-electron chi connectivity index (χ0n) is 9.63. The lowest BCUT2D eigenvalue weighted by Gasteiger charge is -2.06. The number of nitrogens with one attached hydrogen (secondary N) is 2. The van der Waals surface area contributed by atoms with Gasteiger partial charge in [-0.2, -0.15) is 0 Å². The van der Waals surface area contributed by atoms with Crippen LogP contribution in [0.4, 0.5) is 5.69 Å². The summed E-state index contributed by atoms with van der Waals surface area (Å²) in [5.74, 6) is -0.618. The molecule has 0 aliphatic rings. The molecule has 0 bridgehead atoms. The third kappa shape index (κ3) is 5.36. The van der Waals surface area contributed by atoms with Crippen LogP contribution in [0.25, 0.3) is 0 Å². The van der Waals surface area contributed by atoms with Gasteiger partial charge < -0.3 is 10.6 Å². The Morgan fingerprint density at radius 2 is 2.06 bits per heavy atom. The molecule has 0 saturated carbocycles. The fraction of sp³-hybridized carbons (Fsp3) is 0.333. The Morgan fingerprint density at radius 3 is 2.71 bits per heavy atom. The largest absolute Gasteiger partial charge is 0.356 e. The lowest BCUT2D eigenvalue weighted by atomic mass is 10.3. The maximum absolute atomic E-state index is 11.5. The SMILES string of the molecule is CCCNC(=O)CC(=O)Nc1cccc(Cl)c1. The monoisotopic (exact) mass is 254 g/mol. The first-order valence-electron chi connectivity index (χ1n) is 5.44. The van der Waals surface area contributed by atoms with Gasteiger partial charge in [0, 0.05) is 17.3 Å². The maximum atomic E-state index is 11.5. The molecule has 1 aromatic rings. The Balaban J connectivity index is 2.42. The highest BCUT2D eigenvalue weighted by Crippen LogP contribution is 2.14. The minimum Gasteiger partial charge on any atom is -0.356 e. The van der Waals surface area contributed by atoms with Crippen molar-refractivity contribution in [2.45, 2.75) is 19.8 Å². The van der Waals surface area contributed by atoms with E-state index in [4.69, 9.17) is 11.6 Å². The molecule has 92 valence electrons. The van der Waals surface area contributed by atoms with Crippen LogP contribution in [-0.2, 0) is 9.59 Å². The Bertz CT molecular complexity index is 407. The second-order valence-electron chi connectivity index (χ2n) is 3.59. The van der Waals surface area contributed by atoms with Crippen molar-refractivity contribution in [1.29, 1.82) is 0 Å². The van der Waals surface area contributed by atoms with E-state index in [-0.39, 0.29) is 18.2 Å².